The highest BCUT2D eigenvalue weighted by molar-refractivity contribution is 9.10. The summed E-state index contributed by atoms with van der Waals surface area (Å²) < 4.78 is 16.9. The summed E-state index contributed by atoms with van der Waals surface area (Å²) in [5, 5.41) is 0. The van der Waals surface area contributed by atoms with E-state index in [-0.39, 0.29) is 5.78 Å². The lowest BCUT2D eigenvalue weighted by Crippen LogP contribution is -2.24. The molecule has 1 atom stereocenters. The summed E-state index contributed by atoms with van der Waals surface area (Å²) in [6.07, 6.45) is -0.682. The number of nitrogens with two attached hydrogens (primary N) is 1. The normalized spacial score (nSPS) is 11.7. The van der Waals surface area contributed by atoms with Crippen LogP contribution in [0.15, 0.2) is 40.9 Å². The fourth-order valence-electron chi connectivity index (χ4n) is 2.08. The van der Waals surface area contributed by atoms with Gasteiger partial charge in [0.25, 0.3) is 0 Å². The van der Waals surface area contributed by atoms with Gasteiger partial charge in [0.2, 0.25) is 5.78 Å². The van der Waals surface area contributed by atoms with Gasteiger partial charge in [0.15, 0.2) is 6.10 Å². The van der Waals surface area contributed by atoms with E-state index in [0.29, 0.717) is 33.0 Å². The number of Topliss-reactive ketones (excluding diaryl/α,β-unsaturated/α-hetero) is 1. The Morgan fingerprint density at radius 1 is 1.09 bits per heavy atom. The number of halogens is 1. The van der Waals surface area contributed by atoms with Gasteiger partial charge in [-0.05, 0) is 59.3 Å². The minimum Gasteiger partial charge on any atom is -0.496 e. The number of nitrogen functional groups attached to an aromatic ring is 1. The van der Waals surface area contributed by atoms with Crippen molar-refractivity contribution in [1.29, 1.82) is 0 Å². The van der Waals surface area contributed by atoms with Gasteiger partial charge < -0.3 is 19.9 Å². The molecule has 0 aliphatic heterocycles. The summed E-state index contributed by atoms with van der Waals surface area (Å²) in [5.74, 6) is 1.37. The van der Waals surface area contributed by atoms with E-state index in [0.717, 1.165) is 0 Å². The van der Waals surface area contributed by atoms with Crippen molar-refractivity contribution < 1.29 is 19.0 Å². The second-order valence-corrected chi connectivity index (χ2v) is 5.73. The molecule has 2 rings (SSSR count). The molecule has 6 heteroatoms. The standard InChI is InChI=1S/C17H18BrNO4/c1-10(23-12-6-4-11(19)5-7-12)17(20)13-8-16(22-3)14(18)9-15(13)21-2/h4-10H,19H2,1-3H3. The van der Waals surface area contributed by atoms with Crippen LogP contribution >= 0.6 is 15.9 Å². The molecule has 0 aromatic heterocycles. The number of anilines is 1. The van der Waals surface area contributed by atoms with Crippen LogP contribution in [-0.2, 0) is 0 Å². The van der Waals surface area contributed by atoms with Crippen molar-refractivity contribution in [1.82, 2.24) is 0 Å². The predicted octanol–water partition coefficient (Wildman–Crippen LogP) is 3.70. The quantitative estimate of drug-likeness (QED) is 0.611. The molecule has 0 saturated heterocycles. The lowest BCUT2D eigenvalue weighted by molar-refractivity contribution is 0.0814. The van der Waals surface area contributed by atoms with Gasteiger partial charge in [0, 0.05) is 5.69 Å². The van der Waals surface area contributed by atoms with E-state index in [4.69, 9.17) is 19.9 Å². The maximum atomic E-state index is 12.7. The zero-order valence-corrected chi connectivity index (χ0v) is 14.7. The van der Waals surface area contributed by atoms with Crippen LogP contribution in [0.4, 0.5) is 5.69 Å². The highest BCUT2D eigenvalue weighted by Gasteiger charge is 2.22. The topological polar surface area (TPSA) is 70.8 Å². The van der Waals surface area contributed by atoms with Crippen LogP contribution in [0.5, 0.6) is 17.2 Å². The molecule has 0 spiro atoms. The van der Waals surface area contributed by atoms with Crippen molar-refractivity contribution in [2.24, 2.45) is 0 Å². The van der Waals surface area contributed by atoms with E-state index < -0.39 is 6.10 Å². The minimum atomic E-state index is -0.682. The first-order chi connectivity index (χ1) is 11.0. The molecule has 2 aromatic rings. The van der Waals surface area contributed by atoms with Gasteiger partial charge in [0.05, 0.1) is 24.3 Å². The molecule has 2 aromatic carbocycles. The zero-order chi connectivity index (χ0) is 17.0. The molecule has 5 nitrogen and oxygen atoms in total. The van der Waals surface area contributed by atoms with Gasteiger partial charge >= 0.3 is 0 Å². The zero-order valence-electron chi connectivity index (χ0n) is 13.1. The van der Waals surface area contributed by atoms with Crippen LogP contribution in [0.1, 0.15) is 17.3 Å². The van der Waals surface area contributed by atoms with Gasteiger partial charge in [-0.25, -0.2) is 0 Å². The first kappa shape index (κ1) is 17.1. The number of ketones is 1. The Kier molecular flexibility index (Phi) is 5.50. The van der Waals surface area contributed by atoms with Crippen LogP contribution in [0, 0.1) is 0 Å². The first-order valence-corrected chi connectivity index (χ1v) is 7.73. The molecule has 0 amide bonds. The van der Waals surface area contributed by atoms with E-state index in [1.54, 1.807) is 43.3 Å². The second kappa shape index (κ2) is 7.37. The maximum Gasteiger partial charge on any atom is 0.206 e. The van der Waals surface area contributed by atoms with E-state index in [2.05, 4.69) is 15.9 Å². The number of rotatable bonds is 6. The summed E-state index contributed by atoms with van der Waals surface area (Å²) in [6, 6.07) is 10.2. The Balaban J connectivity index is 2.26. The van der Waals surface area contributed by atoms with Crippen molar-refractivity contribution in [2.45, 2.75) is 13.0 Å². The lowest BCUT2D eigenvalue weighted by atomic mass is 10.1. The fraction of sp³-hybridized carbons (Fsp3) is 0.235. The molecule has 2 N–H and O–H groups in total. The minimum absolute atomic E-state index is 0.204. The molecule has 0 heterocycles. The van der Waals surface area contributed by atoms with Gasteiger partial charge in [0.1, 0.15) is 17.2 Å². The third-order valence-electron chi connectivity index (χ3n) is 3.30. The molecule has 0 aliphatic rings. The fourth-order valence-corrected chi connectivity index (χ4v) is 2.56. The third-order valence-corrected chi connectivity index (χ3v) is 3.92. The number of hydrogen-bond acceptors (Lipinski definition) is 5. The number of carbonyl (C=O) groups is 1. The van der Waals surface area contributed by atoms with E-state index in [1.807, 2.05) is 0 Å². The molecule has 122 valence electrons. The van der Waals surface area contributed by atoms with Crippen LogP contribution in [0.2, 0.25) is 0 Å². The van der Waals surface area contributed by atoms with E-state index >= 15 is 0 Å². The van der Waals surface area contributed by atoms with E-state index in [9.17, 15) is 4.79 Å². The van der Waals surface area contributed by atoms with Crippen LogP contribution in [-0.4, -0.2) is 26.1 Å². The molecule has 1 unspecified atom stereocenters. The van der Waals surface area contributed by atoms with Crippen LogP contribution in [0.3, 0.4) is 0 Å². The Hall–Kier alpha value is -2.21. The Bertz CT molecular complexity index is 700. The van der Waals surface area contributed by atoms with Gasteiger partial charge in [-0.3, -0.25) is 4.79 Å². The summed E-state index contributed by atoms with van der Waals surface area (Å²) in [7, 11) is 3.05. The van der Waals surface area contributed by atoms with Crippen molar-refractivity contribution in [3.63, 3.8) is 0 Å². The van der Waals surface area contributed by atoms with Crippen LogP contribution in [0.25, 0.3) is 0 Å². The second-order valence-electron chi connectivity index (χ2n) is 4.88. The summed E-state index contributed by atoms with van der Waals surface area (Å²) in [4.78, 5) is 12.7. The molecular weight excluding hydrogens is 362 g/mol. The average molecular weight is 380 g/mol. The first-order valence-electron chi connectivity index (χ1n) is 6.94. The Morgan fingerprint density at radius 3 is 2.26 bits per heavy atom. The van der Waals surface area contributed by atoms with E-state index in [1.165, 1.54) is 14.2 Å². The molecule has 0 fully saturated rings. The van der Waals surface area contributed by atoms with Gasteiger partial charge in [-0.15, -0.1) is 0 Å². The monoisotopic (exact) mass is 379 g/mol. The smallest absolute Gasteiger partial charge is 0.206 e. The molecular formula is C17H18BrNO4. The van der Waals surface area contributed by atoms with Crippen molar-refractivity contribution in [3.8, 4) is 17.2 Å². The van der Waals surface area contributed by atoms with Crippen molar-refractivity contribution >= 4 is 27.4 Å². The largest absolute Gasteiger partial charge is 0.496 e. The average Bonchev–Trinajstić information content (AvgIpc) is 2.55. The van der Waals surface area contributed by atoms with Gasteiger partial charge in [-0.2, -0.15) is 0 Å². The number of benzene rings is 2. The van der Waals surface area contributed by atoms with Crippen LogP contribution < -0.4 is 19.9 Å². The number of ether oxygens (including phenoxy) is 3. The Morgan fingerprint density at radius 2 is 1.70 bits per heavy atom. The lowest BCUT2D eigenvalue weighted by Gasteiger charge is -2.17. The molecule has 0 bridgehead atoms. The highest BCUT2D eigenvalue weighted by Crippen LogP contribution is 2.33. The molecule has 0 aliphatic carbocycles. The predicted molar refractivity (Wildman–Crippen MR) is 92.5 cm³/mol. The number of hydrogen-bond donors (Lipinski definition) is 1. The molecule has 0 radical (unpaired) electrons. The highest BCUT2D eigenvalue weighted by atomic mass is 79.9. The summed E-state index contributed by atoms with van der Waals surface area (Å²) >= 11 is 3.37. The SMILES string of the molecule is COc1cc(C(=O)C(C)Oc2ccc(N)cc2)c(OC)cc1Br. The summed E-state index contributed by atoms with van der Waals surface area (Å²) in [6.45, 7) is 1.69. The molecule has 23 heavy (non-hydrogen) atoms. The maximum absolute atomic E-state index is 12.7. The van der Waals surface area contributed by atoms with Gasteiger partial charge in [-0.1, -0.05) is 0 Å². The molecule has 0 saturated carbocycles. The summed E-state index contributed by atoms with van der Waals surface area (Å²) in [5.41, 5.74) is 6.67. The van der Waals surface area contributed by atoms with Crippen molar-refractivity contribution in [2.75, 3.05) is 20.0 Å². The Labute approximate surface area is 143 Å². The van der Waals surface area contributed by atoms with Crippen molar-refractivity contribution in [3.05, 3.63) is 46.4 Å². The third kappa shape index (κ3) is 3.96. The number of carbonyl (C=O) groups excluding carboxylic acids is 1. The number of methoxy groups -OCH3 is 2.